The Morgan fingerprint density at radius 1 is 1.33 bits per heavy atom. The van der Waals surface area contributed by atoms with Crippen molar-refractivity contribution in [3.05, 3.63) is 41.5 Å². The summed E-state index contributed by atoms with van der Waals surface area (Å²) in [6.45, 7) is 4.05. The molecule has 0 aliphatic carbocycles. The van der Waals surface area contributed by atoms with Crippen LogP contribution in [0.3, 0.4) is 0 Å². The van der Waals surface area contributed by atoms with Gasteiger partial charge in [-0.15, -0.1) is 0 Å². The van der Waals surface area contributed by atoms with Gasteiger partial charge in [-0.1, -0.05) is 42.0 Å². The summed E-state index contributed by atoms with van der Waals surface area (Å²) in [7, 11) is 0. The molecule has 2 N–H and O–H groups in total. The van der Waals surface area contributed by atoms with Gasteiger partial charge in [-0.3, -0.25) is 0 Å². The van der Waals surface area contributed by atoms with Gasteiger partial charge in [-0.2, -0.15) is 0 Å². The molecule has 0 amide bonds. The van der Waals surface area contributed by atoms with Crippen LogP contribution in [0.4, 0.5) is 0 Å². The van der Waals surface area contributed by atoms with Crippen molar-refractivity contribution in [2.24, 2.45) is 5.73 Å². The van der Waals surface area contributed by atoms with Crippen molar-refractivity contribution < 1.29 is 0 Å². The van der Waals surface area contributed by atoms with Crippen molar-refractivity contribution >= 4 is 6.08 Å². The summed E-state index contributed by atoms with van der Waals surface area (Å²) in [5, 5.41) is 0. The SMILES string of the molecule is C/C(=C\c1ccccc1)[C@H](C)N. The first-order valence-corrected chi connectivity index (χ1v) is 4.19. The van der Waals surface area contributed by atoms with Crippen LogP contribution in [-0.2, 0) is 0 Å². The molecule has 1 atom stereocenters. The summed E-state index contributed by atoms with van der Waals surface area (Å²) < 4.78 is 0. The van der Waals surface area contributed by atoms with E-state index in [1.807, 2.05) is 25.1 Å². The van der Waals surface area contributed by atoms with E-state index in [-0.39, 0.29) is 6.04 Å². The molecule has 0 radical (unpaired) electrons. The molecule has 1 heteroatoms. The van der Waals surface area contributed by atoms with E-state index in [9.17, 15) is 0 Å². The van der Waals surface area contributed by atoms with Gasteiger partial charge in [-0.25, -0.2) is 0 Å². The highest BCUT2D eigenvalue weighted by Gasteiger charge is 1.95. The Bertz CT molecular complexity index is 260. The second-order valence-corrected chi connectivity index (χ2v) is 3.09. The maximum Gasteiger partial charge on any atom is 0.0225 e. The van der Waals surface area contributed by atoms with Gasteiger partial charge in [0, 0.05) is 6.04 Å². The minimum Gasteiger partial charge on any atom is -0.324 e. The lowest BCUT2D eigenvalue weighted by Gasteiger charge is -2.04. The molecule has 0 spiro atoms. The highest BCUT2D eigenvalue weighted by atomic mass is 14.6. The van der Waals surface area contributed by atoms with Crippen LogP contribution in [0, 0.1) is 0 Å². The van der Waals surface area contributed by atoms with Gasteiger partial charge in [0.05, 0.1) is 0 Å². The zero-order chi connectivity index (χ0) is 8.97. The number of benzene rings is 1. The summed E-state index contributed by atoms with van der Waals surface area (Å²) in [6.07, 6.45) is 2.12. The molecule has 1 aromatic carbocycles. The Morgan fingerprint density at radius 2 is 1.92 bits per heavy atom. The standard InChI is InChI=1S/C11H15N/c1-9(10(2)12)8-11-6-4-3-5-7-11/h3-8,10H,12H2,1-2H3/b9-8+/t10-/m0/s1. The molecule has 1 rings (SSSR count). The van der Waals surface area contributed by atoms with Gasteiger partial charge in [-0.05, 0) is 19.4 Å². The minimum atomic E-state index is 0.144. The second kappa shape index (κ2) is 4.07. The third kappa shape index (κ3) is 2.51. The normalized spacial score (nSPS) is 14.4. The van der Waals surface area contributed by atoms with E-state index in [1.54, 1.807) is 0 Å². The van der Waals surface area contributed by atoms with Gasteiger partial charge in [0.25, 0.3) is 0 Å². The Balaban J connectivity index is 2.81. The van der Waals surface area contributed by atoms with Crippen LogP contribution in [0.15, 0.2) is 35.9 Å². The number of nitrogens with two attached hydrogens (primary N) is 1. The smallest absolute Gasteiger partial charge is 0.0225 e. The average molecular weight is 161 g/mol. The molecule has 0 bridgehead atoms. The zero-order valence-electron chi connectivity index (χ0n) is 7.62. The van der Waals surface area contributed by atoms with Crippen molar-refractivity contribution in [3.8, 4) is 0 Å². The van der Waals surface area contributed by atoms with Crippen LogP contribution in [0.2, 0.25) is 0 Å². The number of rotatable bonds is 2. The molecule has 1 nitrogen and oxygen atoms in total. The predicted octanol–water partition coefficient (Wildman–Crippen LogP) is 2.44. The van der Waals surface area contributed by atoms with Crippen LogP contribution in [0.5, 0.6) is 0 Å². The highest BCUT2D eigenvalue weighted by molar-refractivity contribution is 5.52. The number of hydrogen-bond donors (Lipinski definition) is 1. The molecule has 12 heavy (non-hydrogen) atoms. The van der Waals surface area contributed by atoms with E-state index in [4.69, 9.17) is 5.73 Å². The molecule has 0 fully saturated rings. The van der Waals surface area contributed by atoms with E-state index in [1.165, 1.54) is 11.1 Å². The van der Waals surface area contributed by atoms with Crippen LogP contribution in [0.25, 0.3) is 6.08 Å². The summed E-state index contributed by atoms with van der Waals surface area (Å²) in [5.74, 6) is 0. The molecule has 0 aliphatic rings. The maximum atomic E-state index is 5.72. The quantitative estimate of drug-likeness (QED) is 0.708. The summed E-state index contributed by atoms with van der Waals surface area (Å²) in [5.41, 5.74) is 8.14. The van der Waals surface area contributed by atoms with Crippen molar-refractivity contribution in [2.75, 3.05) is 0 Å². The van der Waals surface area contributed by atoms with Crippen molar-refractivity contribution in [1.29, 1.82) is 0 Å². The largest absolute Gasteiger partial charge is 0.324 e. The first kappa shape index (κ1) is 9.01. The van der Waals surface area contributed by atoms with Gasteiger partial charge in [0.15, 0.2) is 0 Å². The Morgan fingerprint density at radius 3 is 2.42 bits per heavy atom. The topological polar surface area (TPSA) is 26.0 Å². The third-order valence-corrected chi connectivity index (χ3v) is 1.91. The third-order valence-electron chi connectivity index (χ3n) is 1.91. The van der Waals surface area contributed by atoms with Crippen LogP contribution >= 0.6 is 0 Å². The predicted molar refractivity (Wildman–Crippen MR) is 53.7 cm³/mol. The molecule has 0 saturated heterocycles. The number of hydrogen-bond acceptors (Lipinski definition) is 1. The fourth-order valence-electron chi connectivity index (χ4n) is 0.944. The first-order valence-electron chi connectivity index (χ1n) is 4.19. The molecule has 0 heterocycles. The molecule has 0 saturated carbocycles. The van der Waals surface area contributed by atoms with Gasteiger partial charge < -0.3 is 5.73 Å². The Hall–Kier alpha value is -1.08. The second-order valence-electron chi connectivity index (χ2n) is 3.09. The monoisotopic (exact) mass is 161 g/mol. The fourth-order valence-corrected chi connectivity index (χ4v) is 0.944. The maximum absolute atomic E-state index is 5.72. The van der Waals surface area contributed by atoms with Crippen molar-refractivity contribution in [2.45, 2.75) is 19.9 Å². The Labute approximate surface area is 73.9 Å². The molecular weight excluding hydrogens is 146 g/mol. The summed E-state index contributed by atoms with van der Waals surface area (Å²) in [4.78, 5) is 0. The molecule has 1 aromatic rings. The molecule has 0 unspecified atom stereocenters. The lowest BCUT2D eigenvalue weighted by Crippen LogP contribution is -2.15. The van der Waals surface area contributed by atoms with Gasteiger partial charge in [0.1, 0.15) is 0 Å². The van der Waals surface area contributed by atoms with E-state index in [0.717, 1.165) is 0 Å². The van der Waals surface area contributed by atoms with E-state index in [2.05, 4.69) is 25.1 Å². The van der Waals surface area contributed by atoms with E-state index >= 15 is 0 Å². The van der Waals surface area contributed by atoms with Gasteiger partial charge in [0.2, 0.25) is 0 Å². The Kier molecular flexibility index (Phi) is 3.06. The van der Waals surface area contributed by atoms with Crippen LogP contribution in [0.1, 0.15) is 19.4 Å². The summed E-state index contributed by atoms with van der Waals surface area (Å²) >= 11 is 0. The van der Waals surface area contributed by atoms with Crippen molar-refractivity contribution in [1.82, 2.24) is 0 Å². The van der Waals surface area contributed by atoms with E-state index < -0.39 is 0 Å². The lowest BCUT2D eigenvalue weighted by molar-refractivity contribution is 0.868. The molecule has 0 aromatic heterocycles. The first-order chi connectivity index (χ1) is 5.70. The molecule has 64 valence electrons. The average Bonchev–Trinajstić information content (AvgIpc) is 2.06. The minimum absolute atomic E-state index is 0.144. The summed E-state index contributed by atoms with van der Waals surface area (Å²) in [6, 6.07) is 10.4. The van der Waals surface area contributed by atoms with Crippen molar-refractivity contribution in [3.63, 3.8) is 0 Å². The van der Waals surface area contributed by atoms with E-state index in [0.29, 0.717) is 0 Å². The molecule has 0 aliphatic heterocycles. The lowest BCUT2D eigenvalue weighted by atomic mass is 10.1. The zero-order valence-corrected chi connectivity index (χ0v) is 7.62. The van der Waals surface area contributed by atoms with Crippen LogP contribution in [-0.4, -0.2) is 6.04 Å². The highest BCUT2D eigenvalue weighted by Crippen LogP contribution is 2.07. The molecular formula is C11H15N. The fraction of sp³-hybridized carbons (Fsp3) is 0.273. The van der Waals surface area contributed by atoms with Gasteiger partial charge >= 0.3 is 0 Å². The van der Waals surface area contributed by atoms with Crippen LogP contribution < -0.4 is 5.73 Å².